The Hall–Kier alpha value is -11.6. The zero-order chi connectivity index (χ0) is 109. The van der Waals surface area contributed by atoms with Crippen LogP contribution in [-0.2, 0) is 21.1 Å². The first-order chi connectivity index (χ1) is 69.1. The molecule has 0 radical (unpaired) electrons. The van der Waals surface area contributed by atoms with Crippen molar-refractivity contribution in [2.24, 2.45) is 0 Å². The molecule has 0 amide bonds. The number of aromatic nitrogens is 4. The van der Waals surface area contributed by atoms with E-state index < -0.39 is 370 Å². The van der Waals surface area contributed by atoms with E-state index in [0.717, 1.165) is 69.9 Å². The summed E-state index contributed by atoms with van der Waals surface area (Å²) >= 11 is 0. The van der Waals surface area contributed by atoms with Gasteiger partial charge in [-0.15, -0.1) is 29.7 Å². The molecule has 5 nitrogen and oxygen atoms in total. The van der Waals surface area contributed by atoms with Crippen molar-refractivity contribution >= 4 is 90.5 Å². The van der Waals surface area contributed by atoms with E-state index >= 15 is 0 Å². The second-order valence-electron chi connectivity index (χ2n) is 22.2. The van der Waals surface area contributed by atoms with Crippen LogP contribution in [0.3, 0.4) is 0 Å². The van der Waals surface area contributed by atoms with E-state index in [-0.39, 0.29) is 60.7 Å². The molecule has 0 spiro atoms. The maximum atomic E-state index is 11.5. The third-order valence-electron chi connectivity index (χ3n) is 16.9. The first-order valence-corrected chi connectivity index (χ1v) is 34.2. The first-order valence-electron chi connectivity index (χ1n) is 54.2. The Bertz CT molecular complexity index is 8170. The van der Waals surface area contributed by atoms with Gasteiger partial charge >= 0.3 is 0 Å². The molecule has 486 valence electrons. The smallest absolute Gasteiger partial charge is 0.268 e. The topological polar surface area (TPSA) is 35.9 Å². The quantitative estimate of drug-likeness (QED) is 0.0418. The summed E-state index contributed by atoms with van der Waals surface area (Å²) in [4.78, 5) is 4.66. The van der Waals surface area contributed by atoms with Crippen LogP contribution in [-0.4, -0.2) is 30.3 Å². The molecule has 0 saturated heterocycles. The van der Waals surface area contributed by atoms with Crippen LogP contribution in [0.5, 0.6) is 11.5 Å². The van der Waals surface area contributed by atoms with Crippen LogP contribution < -0.4 is 50.8 Å². The number of pyridine rings is 1. The molecule has 14 aromatic carbocycles. The number of fused-ring (bicyclic) bond motifs is 4. The maximum absolute atomic E-state index is 11.5. The Labute approximate surface area is 674 Å². The van der Waals surface area contributed by atoms with Crippen molar-refractivity contribution in [3.8, 4) is 62.1 Å². The molecular formula is C93H68N4OPtSi2-2. The average Bonchev–Trinajstić information content (AvgIpc) is 0.858. The van der Waals surface area contributed by atoms with Crippen molar-refractivity contribution in [2.45, 2.75) is 20.6 Å². The van der Waals surface area contributed by atoms with Crippen LogP contribution in [0, 0.1) is 39.0 Å². The van der Waals surface area contributed by atoms with Crippen molar-refractivity contribution in [1.29, 1.82) is 0 Å². The van der Waals surface area contributed by atoms with Gasteiger partial charge in [0.1, 0.15) is 5.82 Å². The second kappa shape index (κ2) is 27.3. The molecule has 17 rings (SSSR count). The standard InChI is InChI=1S/C93H68N4OSi2.Pt/c1-66-31-27-32-67(2)92(66)71-55-58-87-89(61-71)95(72-36-29-37-73(62-72)98-74-56-57-84-83-51-25-26-53-86(83)97(88(84)63-74)91-59-68(3)85(64-94-91)69-33-11-4-12-34-69)65-96(87)93-82(52-30-54-90(93)100(78-44-19-8-20-45-78,79-46-21-9-22-47-79)80-48-23-10-24-49-80)70-35-28-50-81(60-70)99(75-38-13-5-14-39-75,76-40-15-6-16-41-76)77-42-17-7-18-43-77;/h4-61,64H,1-3H3;/q-2;/i1D3,2D3,3D3,4D,5D,6D,7D,8D,9D,10D,11D,12D,13D,14D,15D,16D,17D,18D,19D,20D,21D,22D,23D,24D,28D,33D,34D,35D,38D,39D,40D,41D,42D,43D,44D,45D,46D,47D,48D,49D,50D,60D;. The molecule has 101 heavy (non-hydrogen) atoms. The van der Waals surface area contributed by atoms with Gasteiger partial charge in [-0.3, -0.25) is 4.57 Å². The van der Waals surface area contributed by atoms with E-state index in [0.29, 0.717) is 16.3 Å². The van der Waals surface area contributed by atoms with Crippen molar-refractivity contribution in [3.63, 3.8) is 0 Å². The van der Waals surface area contributed by atoms with E-state index in [1.165, 1.54) is 34.9 Å². The van der Waals surface area contributed by atoms with Crippen molar-refractivity contribution in [3.05, 3.63) is 392 Å². The van der Waals surface area contributed by atoms with Crippen molar-refractivity contribution < 1.29 is 96.2 Å². The number of imidazole rings is 1. The molecule has 0 aliphatic carbocycles. The van der Waals surface area contributed by atoms with Gasteiger partial charge in [0.2, 0.25) is 0 Å². The molecular weight excluding hydrogens is 1440 g/mol. The molecule has 8 heteroatoms. The van der Waals surface area contributed by atoms with Crippen molar-refractivity contribution in [1.82, 2.24) is 14.1 Å². The molecule has 0 atom stereocenters. The molecule has 17 aromatic rings. The van der Waals surface area contributed by atoms with Gasteiger partial charge in [0, 0.05) is 62.2 Å². The fourth-order valence-electron chi connectivity index (χ4n) is 12.6. The normalized spacial score (nSPS) is 18.7. The summed E-state index contributed by atoms with van der Waals surface area (Å²) < 4.78 is 468. The Balaban J connectivity index is 0.0000158. The molecule has 0 saturated carbocycles. The SMILES string of the molecule is [2H]c1c([2H])c([2H])c(-c2cnc(-n3c4[c-]c(Oc5[c-]c(-n6[c-][n+](-c7c(-c8c([2H])c([2H])c([2H])c([Si](c9c([2H])c([2H])c([2H])c([2H])c9[2H])(c9c([2H])c([2H])c([2H])c([2H])c9[2H])c9c([2H])c([2H])c([2H])c([2H])c9[2H])c8[2H])cccc7[Si](c7c([2H])c([2H])c([2H])c([2H])c7[2H])(c7c([2H])c([2H])c([2H])c([2H])c7[2H])c7c([2H])c([2H])c([2H])c([2H])c7[2H])c7ccc(-c8c(C([2H])([2H])[2H])cccc8C([2H])([2H])[2H])cc76)ccc5)ccc4c4ccccc43)cc2C([2H])([2H])[2H])c([2H])c1[2H].[Pt]. The molecule has 0 unspecified atom stereocenters. The van der Waals surface area contributed by atoms with Crippen LogP contribution in [0.2, 0.25) is 0 Å². The number of para-hydroxylation sites is 2. The third-order valence-corrected chi connectivity index (χ3v) is 25.1. The number of nitrogens with zero attached hydrogens (tertiary/aromatic N) is 4. The summed E-state index contributed by atoms with van der Waals surface area (Å²) in [5.41, 5.74) is -7.15. The van der Waals surface area contributed by atoms with Crippen molar-refractivity contribution in [2.75, 3.05) is 0 Å². The van der Waals surface area contributed by atoms with Gasteiger partial charge in [0.05, 0.1) is 70.2 Å². The largest absolute Gasteiger partial charge is 0.510 e. The zero-order valence-electron chi connectivity index (χ0n) is 99.6. The number of hydrogen-bond donors (Lipinski definition) is 0. The number of aryl methyl sites for hydroxylation is 3. The van der Waals surface area contributed by atoms with Gasteiger partial charge < -0.3 is 13.9 Å². The molecule has 3 aromatic heterocycles. The van der Waals surface area contributed by atoms with Gasteiger partial charge in [-0.1, -0.05) is 308 Å². The Morgan fingerprint density at radius 2 is 0.960 bits per heavy atom. The molecule has 3 heterocycles. The van der Waals surface area contributed by atoms with E-state index in [9.17, 15) is 38.4 Å². The summed E-state index contributed by atoms with van der Waals surface area (Å²) in [5, 5.41) is -9.17. The molecule has 0 aliphatic rings. The predicted molar refractivity (Wildman–Crippen MR) is 418 cm³/mol. The fraction of sp³-hybridized carbons (Fsp3) is 0.0323. The number of rotatable bonds is 16. The van der Waals surface area contributed by atoms with Crippen LogP contribution in [0.25, 0.3) is 83.4 Å². The third kappa shape index (κ3) is 11.2. The van der Waals surface area contributed by atoms with Gasteiger partial charge in [-0.25, -0.2) is 4.98 Å². The van der Waals surface area contributed by atoms with E-state index in [4.69, 9.17) is 32.2 Å². The summed E-state index contributed by atoms with van der Waals surface area (Å²) in [7, 11) is -13.8. The Kier molecular flexibility index (Phi) is 8.12. The number of hydrogen-bond acceptors (Lipinski definition) is 2. The maximum Gasteiger partial charge on any atom is 0.268 e. The zero-order valence-corrected chi connectivity index (χ0v) is 55.8. The first kappa shape index (κ1) is 30.1. The molecule has 0 aliphatic heterocycles. The molecule has 0 N–H and O–H groups in total. The second-order valence-corrected chi connectivity index (χ2v) is 29.2. The molecule has 0 bridgehead atoms. The predicted octanol–water partition coefficient (Wildman–Crippen LogP) is 16.3. The van der Waals surface area contributed by atoms with Crippen LogP contribution in [0.4, 0.5) is 0 Å². The fourth-order valence-corrected chi connectivity index (χ4v) is 20.2. The van der Waals surface area contributed by atoms with Gasteiger partial charge in [-0.2, -0.15) is 18.2 Å². The monoisotopic (exact) mass is 1560 g/mol. The van der Waals surface area contributed by atoms with Gasteiger partial charge in [-0.05, 0) is 136 Å². The number of ether oxygens (including phenoxy) is 1. The molecule has 0 fully saturated rings. The minimum atomic E-state index is -6.95. The summed E-state index contributed by atoms with van der Waals surface area (Å²) in [6, 6.07) is -19.5. The Morgan fingerprint density at radius 1 is 0.426 bits per heavy atom. The van der Waals surface area contributed by atoms with Crippen LogP contribution in [0.1, 0.15) is 82.5 Å². The van der Waals surface area contributed by atoms with Gasteiger partial charge in [0.15, 0.2) is 16.1 Å². The summed E-state index contributed by atoms with van der Waals surface area (Å²) in [6.45, 7) is -9.48. The van der Waals surface area contributed by atoms with Crippen LogP contribution in [0.15, 0.2) is 357 Å². The summed E-state index contributed by atoms with van der Waals surface area (Å²) in [5.74, 6) is -0.591. The van der Waals surface area contributed by atoms with E-state index in [2.05, 4.69) is 23.4 Å². The Morgan fingerprint density at radius 3 is 1.56 bits per heavy atom. The average molecular weight is 1560 g/mol. The van der Waals surface area contributed by atoms with Crippen LogP contribution >= 0.6 is 0 Å². The minimum Gasteiger partial charge on any atom is -0.510 e. The van der Waals surface area contributed by atoms with E-state index in [1.54, 1.807) is 30.3 Å². The van der Waals surface area contributed by atoms with Gasteiger partial charge in [0.25, 0.3) is 6.33 Å². The number of benzene rings is 14. The minimum absolute atomic E-state index is 0. The summed E-state index contributed by atoms with van der Waals surface area (Å²) in [6.07, 6.45) is 4.21. The van der Waals surface area contributed by atoms with E-state index in [1.807, 2.05) is 0 Å².